The van der Waals surface area contributed by atoms with Gasteiger partial charge in [-0.15, -0.1) is 12.4 Å². The molecular formula is C14H20ClN3O2. The maximum Gasteiger partial charge on any atom is 0.307 e. The van der Waals surface area contributed by atoms with E-state index in [4.69, 9.17) is 16.2 Å². The monoisotopic (exact) mass is 297 g/mol. The third-order valence-corrected chi connectivity index (χ3v) is 3.56. The van der Waals surface area contributed by atoms with Crippen molar-refractivity contribution < 1.29 is 9.90 Å². The molecule has 0 spiro atoms. The maximum atomic E-state index is 11.0. The Bertz CT molecular complexity index is 493. The molecule has 1 unspecified atom stereocenters. The lowest BCUT2D eigenvalue weighted by molar-refractivity contribution is -0.143. The number of carbonyl (C=O) groups is 1. The zero-order chi connectivity index (χ0) is 13.8. The second-order valence-corrected chi connectivity index (χ2v) is 4.98. The second kappa shape index (κ2) is 7.26. The van der Waals surface area contributed by atoms with Gasteiger partial charge in [0.05, 0.1) is 5.92 Å². The molecule has 1 aliphatic heterocycles. The lowest BCUT2D eigenvalue weighted by Crippen LogP contribution is -2.38. The molecule has 4 N–H and O–H groups in total. The first-order valence-corrected chi connectivity index (χ1v) is 6.45. The fraction of sp³-hybridized carbons (Fsp3) is 0.429. The molecule has 0 aliphatic carbocycles. The molecule has 1 aromatic rings. The number of nitrogens with one attached hydrogen (secondary N) is 1. The number of hydrogen-bond acceptors (Lipinski definition) is 3. The smallest absolute Gasteiger partial charge is 0.307 e. The molecule has 1 heterocycles. The zero-order valence-corrected chi connectivity index (χ0v) is 12.0. The minimum absolute atomic E-state index is 0. The van der Waals surface area contributed by atoms with Gasteiger partial charge in [-0.1, -0.05) is 24.3 Å². The second-order valence-electron chi connectivity index (χ2n) is 4.98. The van der Waals surface area contributed by atoms with E-state index in [0.29, 0.717) is 13.1 Å². The number of halogens is 1. The van der Waals surface area contributed by atoms with Crippen molar-refractivity contribution in [3.05, 3.63) is 35.4 Å². The molecule has 5 nitrogen and oxygen atoms in total. The van der Waals surface area contributed by atoms with Crippen LogP contribution in [-0.4, -0.2) is 34.9 Å². The number of carboxylic acid groups (broad SMARTS) is 1. The maximum absolute atomic E-state index is 11.0. The van der Waals surface area contributed by atoms with E-state index in [1.165, 1.54) is 0 Å². The molecule has 1 saturated heterocycles. The van der Waals surface area contributed by atoms with Gasteiger partial charge in [-0.25, -0.2) is 0 Å². The summed E-state index contributed by atoms with van der Waals surface area (Å²) < 4.78 is 0. The predicted molar refractivity (Wildman–Crippen MR) is 80.3 cm³/mol. The number of likely N-dealkylation sites (tertiary alicyclic amines) is 1. The molecule has 0 bridgehead atoms. The Labute approximate surface area is 124 Å². The van der Waals surface area contributed by atoms with Gasteiger partial charge in [-0.05, 0) is 24.9 Å². The van der Waals surface area contributed by atoms with Crippen LogP contribution >= 0.6 is 12.4 Å². The normalized spacial score (nSPS) is 19.1. The van der Waals surface area contributed by atoms with Crippen molar-refractivity contribution in [2.24, 2.45) is 11.7 Å². The fourth-order valence-corrected chi connectivity index (χ4v) is 2.56. The van der Waals surface area contributed by atoms with Crippen molar-refractivity contribution in [1.82, 2.24) is 4.90 Å². The number of benzene rings is 1. The Balaban J connectivity index is 0.00000200. The quantitative estimate of drug-likeness (QED) is 0.583. The molecular weight excluding hydrogens is 278 g/mol. The van der Waals surface area contributed by atoms with E-state index >= 15 is 0 Å². The SMILES string of the molecule is Cl.N=C(N)c1ccccc1CN1CCCC(C(=O)O)C1. The summed E-state index contributed by atoms with van der Waals surface area (Å²) in [5, 5.41) is 16.7. The first-order chi connectivity index (χ1) is 9.08. The third kappa shape index (κ3) is 3.95. The summed E-state index contributed by atoms with van der Waals surface area (Å²) in [6.45, 7) is 2.12. The number of carboxylic acids is 1. The standard InChI is InChI=1S/C14H19N3O2.ClH/c15-13(16)12-6-2-1-4-10(12)8-17-7-3-5-11(9-17)14(18)19;/h1-2,4,6,11H,3,5,7-9H2,(H3,15,16)(H,18,19);1H. The van der Waals surface area contributed by atoms with Crippen LogP contribution in [0.25, 0.3) is 0 Å². The number of piperidine rings is 1. The largest absolute Gasteiger partial charge is 0.481 e. The molecule has 0 radical (unpaired) electrons. The van der Waals surface area contributed by atoms with Crippen molar-refractivity contribution in [3.8, 4) is 0 Å². The minimum atomic E-state index is -0.718. The van der Waals surface area contributed by atoms with E-state index in [2.05, 4.69) is 4.90 Å². The average molecular weight is 298 g/mol. The number of nitrogens with zero attached hydrogens (tertiary/aromatic N) is 1. The molecule has 1 fully saturated rings. The number of aliphatic carboxylic acids is 1. The molecule has 0 aromatic heterocycles. The molecule has 6 heteroatoms. The van der Waals surface area contributed by atoms with Gasteiger partial charge < -0.3 is 10.8 Å². The Hall–Kier alpha value is -1.59. The Kier molecular flexibility index (Phi) is 5.98. The Morgan fingerprint density at radius 2 is 2.15 bits per heavy atom. The highest BCUT2D eigenvalue weighted by atomic mass is 35.5. The molecule has 1 atom stereocenters. The van der Waals surface area contributed by atoms with Crippen LogP contribution in [0.5, 0.6) is 0 Å². The summed E-state index contributed by atoms with van der Waals surface area (Å²) in [4.78, 5) is 13.2. The lowest BCUT2D eigenvalue weighted by atomic mass is 9.97. The van der Waals surface area contributed by atoms with Gasteiger partial charge in [0.15, 0.2) is 0 Å². The van der Waals surface area contributed by atoms with E-state index in [-0.39, 0.29) is 24.2 Å². The molecule has 0 saturated carbocycles. The Morgan fingerprint density at radius 3 is 2.80 bits per heavy atom. The summed E-state index contributed by atoms with van der Waals surface area (Å²) in [5.74, 6) is -0.940. The number of hydrogen-bond donors (Lipinski definition) is 3. The summed E-state index contributed by atoms with van der Waals surface area (Å²) >= 11 is 0. The molecule has 1 aliphatic rings. The first kappa shape index (κ1) is 16.5. The van der Waals surface area contributed by atoms with E-state index in [0.717, 1.165) is 30.5 Å². The Morgan fingerprint density at radius 1 is 1.45 bits per heavy atom. The topological polar surface area (TPSA) is 90.4 Å². The molecule has 2 rings (SSSR count). The number of rotatable bonds is 4. The molecule has 0 amide bonds. The van der Waals surface area contributed by atoms with Gasteiger partial charge >= 0.3 is 5.97 Å². The summed E-state index contributed by atoms with van der Waals surface area (Å²) in [6.07, 6.45) is 1.65. The number of nitrogen functional groups attached to an aromatic ring is 1. The van der Waals surface area contributed by atoms with Gasteiger partial charge in [0, 0.05) is 18.7 Å². The van der Waals surface area contributed by atoms with Crippen LogP contribution in [0.1, 0.15) is 24.0 Å². The van der Waals surface area contributed by atoms with Crippen molar-refractivity contribution in [2.75, 3.05) is 13.1 Å². The summed E-state index contributed by atoms with van der Waals surface area (Å²) in [6, 6.07) is 7.55. The fourth-order valence-electron chi connectivity index (χ4n) is 2.56. The highest BCUT2D eigenvalue weighted by Crippen LogP contribution is 2.20. The van der Waals surface area contributed by atoms with Gasteiger partial charge in [-0.2, -0.15) is 0 Å². The van der Waals surface area contributed by atoms with Gasteiger partial charge in [0.25, 0.3) is 0 Å². The van der Waals surface area contributed by atoms with Crippen LogP contribution in [0.4, 0.5) is 0 Å². The van der Waals surface area contributed by atoms with Crippen LogP contribution in [-0.2, 0) is 11.3 Å². The van der Waals surface area contributed by atoms with E-state index < -0.39 is 5.97 Å². The summed E-state index contributed by atoms with van der Waals surface area (Å²) in [7, 11) is 0. The highest BCUT2D eigenvalue weighted by molar-refractivity contribution is 5.96. The van der Waals surface area contributed by atoms with Gasteiger partial charge in [-0.3, -0.25) is 15.1 Å². The van der Waals surface area contributed by atoms with Crippen LogP contribution in [0.3, 0.4) is 0 Å². The molecule has 1 aromatic carbocycles. The first-order valence-electron chi connectivity index (χ1n) is 6.45. The molecule has 110 valence electrons. The third-order valence-electron chi connectivity index (χ3n) is 3.56. The van der Waals surface area contributed by atoms with E-state index in [1.807, 2.05) is 24.3 Å². The number of amidine groups is 1. The lowest BCUT2D eigenvalue weighted by Gasteiger charge is -2.31. The minimum Gasteiger partial charge on any atom is -0.481 e. The van der Waals surface area contributed by atoms with Crippen LogP contribution in [0, 0.1) is 11.3 Å². The van der Waals surface area contributed by atoms with Crippen molar-refractivity contribution in [1.29, 1.82) is 5.41 Å². The highest BCUT2D eigenvalue weighted by Gasteiger charge is 2.25. The van der Waals surface area contributed by atoms with Crippen LogP contribution in [0.15, 0.2) is 24.3 Å². The van der Waals surface area contributed by atoms with Crippen molar-refractivity contribution >= 4 is 24.2 Å². The summed E-state index contributed by atoms with van der Waals surface area (Å²) in [5.41, 5.74) is 7.29. The predicted octanol–water partition coefficient (Wildman–Crippen LogP) is 1.69. The van der Waals surface area contributed by atoms with Gasteiger partial charge in [0.1, 0.15) is 5.84 Å². The van der Waals surface area contributed by atoms with Gasteiger partial charge in [0.2, 0.25) is 0 Å². The van der Waals surface area contributed by atoms with Crippen molar-refractivity contribution in [2.45, 2.75) is 19.4 Å². The van der Waals surface area contributed by atoms with E-state index in [1.54, 1.807) is 0 Å². The number of nitrogens with two attached hydrogens (primary N) is 1. The average Bonchev–Trinajstić information content (AvgIpc) is 2.39. The van der Waals surface area contributed by atoms with Crippen LogP contribution < -0.4 is 5.73 Å². The van der Waals surface area contributed by atoms with Crippen LogP contribution in [0.2, 0.25) is 0 Å². The van der Waals surface area contributed by atoms with Crippen molar-refractivity contribution in [3.63, 3.8) is 0 Å². The zero-order valence-electron chi connectivity index (χ0n) is 11.2. The molecule has 20 heavy (non-hydrogen) atoms. The van der Waals surface area contributed by atoms with E-state index in [9.17, 15) is 4.79 Å².